The van der Waals surface area contributed by atoms with Gasteiger partial charge in [0, 0.05) is 5.92 Å². The number of carboxylic acids is 1. The molecule has 1 aliphatic rings. The minimum atomic E-state index is -0.785. The lowest BCUT2D eigenvalue weighted by molar-refractivity contribution is -0.150. The third kappa shape index (κ3) is 2.80. The van der Waals surface area contributed by atoms with E-state index in [0.717, 1.165) is 18.7 Å². The van der Waals surface area contributed by atoms with Gasteiger partial charge in [0.1, 0.15) is 0 Å². The zero-order valence-corrected chi connectivity index (χ0v) is 13.5. The molecule has 1 unspecified atom stereocenters. The molecule has 1 heterocycles. The normalized spacial score (nSPS) is 21.6. The molecule has 118 valence electrons. The van der Waals surface area contributed by atoms with Crippen LogP contribution in [0.15, 0.2) is 0 Å². The zero-order chi connectivity index (χ0) is 15.7. The Kier molecular flexibility index (Phi) is 4.35. The number of carbonyl (C=O) groups is 1. The quantitative estimate of drug-likeness (QED) is 0.872. The van der Waals surface area contributed by atoms with Crippen molar-refractivity contribution in [3.8, 4) is 0 Å². The lowest BCUT2D eigenvalue weighted by Crippen LogP contribution is -2.36. The van der Waals surface area contributed by atoms with Crippen LogP contribution in [-0.2, 0) is 11.3 Å². The van der Waals surface area contributed by atoms with Crippen LogP contribution in [-0.4, -0.2) is 31.3 Å². The Labute approximate surface area is 125 Å². The SMILES string of the molecule is CCC(CC)(Cn1nnnc1C1CCCC1(C)C)C(=O)O. The van der Waals surface area contributed by atoms with Gasteiger partial charge in [-0.1, -0.05) is 34.1 Å². The van der Waals surface area contributed by atoms with Gasteiger partial charge in [0.25, 0.3) is 0 Å². The highest BCUT2D eigenvalue weighted by molar-refractivity contribution is 5.74. The van der Waals surface area contributed by atoms with Crippen molar-refractivity contribution >= 4 is 5.97 Å². The van der Waals surface area contributed by atoms with E-state index in [2.05, 4.69) is 29.4 Å². The highest BCUT2D eigenvalue weighted by Gasteiger charge is 2.41. The number of carboxylic acid groups (broad SMARTS) is 1. The summed E-state index contributed by atoms with van der Waals surface area (Å²) in [6.45, 7) is 8.67. The van der Waals surface area contributed by atoms with Gasteiger partial charge in [-0.2, -0.15) is 0 Å². The Morgan fingerprint density at radius 3 is 2.57 bits per heavy atom. The average Bonchev–Trinajstić information content (AvgIpc) is 3.01. The van der Waals surface area contributed by atoms with E-state index < -0.39 is 11.4 Å². The van der Waals surface area contributed by atoms with Crippen LogP contribution >= 0.6 is 0 Å². The van der Waals surface area contributed by atoms with E-state index >= 15 is 0 Å². The van der Waals surface area contributed by atoms with Crippen molar-refractivity contribution in [1.82, 2.24) is 20.2 Å². The summed E-state index contributed by atoms with van der Waals surface area (Å²) >= 11 is 0. The highest BCUT2D eigenvalue weighted by atomic mass is 16.4. The van der Waals surface area contributed by atoms with Crippen molar-refractivity contribution in [1.29, 1.82) is 0 Å². The molecule has 0 aromatic carbocycles. The fraction of sp³-hybridized carbons (Fsp3) is 0.867. The van der Waals surface area contributed by atoms with Crippen molar-refractivity contribution in [3.63, 3.8) is 0 Å². The van der Waals surface area contributed by atoms with E-state index in [9.17, 15) is 9.90 Å². The number of hydrogen-bond donors (Lipinski definition) is 1. The van der Waals surface area contributed by atoms with E-state index in [-0.39, 0.29) is 5.41 Å². The standard InChI is InChI=1S/C15H26N4O2/c1-5-15(6-2,13(20)21)10-19-12(16-17-18-19)11-8-7-9-14(11,3)4/h11H,5-10H2,1-4H3,(H,20,21). The maximum absolute atomic E-state index is 11.7. The molecule has 0 amide bonds. The maximum atomic E-state index is 11.7. The number of rotatable bonds is 6. The van der Waals surface area contributed by atoms with E-state index in [1.54, 1.807) is 4.68 Å². The molecule has 1 aromatic heterocycles. The van der Waals surface area contributed by atoms with Gasteiger partial charge >= 0.3 is 5.97 Å². The van der Waals surface area contributed by atoms with Crippen LogP contribution in [0.4, 0.5) is 0 Å². The van der Waals surface area contributed by atoms with E-state index in [1.165, 1.54) is 6.42 Å². The number of aliphatic carboxylic acids is 1. The van der Waals surface area contributed by atoms with Crippen LogP contribution in [0.5, 0.6) is 0 Å². The van der Waals surface area contributed by atoms with E-state index in [1.807, 2.05) is 13.8 Å². The van der Waals surface area contributed by atoms with Crippen LogP contribution < -0.4 is 0 Å². The summed E-state index contributed by atoms with van der Waals surface area (Å²) in [5.41, 5.74) is -0.607. The summed E-state index contributed by atoms with van der Waals surface area (Å²) < 4.78 is 1.73. The second kappa shape index (κ2) is 5.73. The Morgan fingerprint density at radius 2 is 2.10 bits per heavy atom. The van der Waals surface area contributed by atoms with Crippen LogP contribution in [0.25, 0.3) is 0 Å². The van der Waals surface area contributed by atoms with Gasteiger partial charge in [0.2, 0.25) is 0 Å². The molecule has 6 heteroatoms. The monoisotopic (exact) mass is 294 g/mol. The van der Waals surface area contributed by atoms with Crippen molar-refractivity contribution < 1.29 is 9.90 Å². The van der Waals surface area contributed by atoms with E-state index in [4.69, 9.17) is 0 Å². The largest absolute Gasteiger partial charge is 0.481 e. The van der Waals surface area contributed by atoms with Crippen molar-refractivity contribution in [2.45, 2.75) is 72.3 Å². The number of nitrogens with zero attached hydrogens (tertiary/aromatic N) is 4. The van der Waals surface area contributed by atoms with Gasteiger partial charge in [0.05, 0.1) is 12.0 Å². The Balaban J connectivity index is 2.31. The Hall–Kier alpha value is -1.46. The summed E-state index contributed by atoms with van der Waals surface area (Å²) in [6, 6.07) is 0. The molecular formula is C15H26N4O2. The molecule has 2 rings (SSSR count). The molecule has 1 N–H and O–H groups in total. The smallest absolute Gasteiger partial charge is 0.311 e. The van der Waals surface area contributed by atoms with E-state index in [0.29, 0.717) is 25.3 Å². The highest BCUT2D eigenvalue weighted by Crippen LogP contribution is 2.48. The van der Waals surface area contributed by atoms with Crippen LogP contribution in [0, 0.1) is 10.8 Å². The number of tetrazole rings is 1. The lowest BCUT2D eigenvalue weighted by Gasteiger charge is -2.29. The fourth-order valence-corrected chi connectivity index (χ4v) is 3.51. The lowest BCUT2D eigenvalue weighted by atomic mass is 9.80. The summed E-state index contributed by atoms with van der Waals surface area (Å²) in [7, 11) is 0. The third-order valence-electron chi connectivity index (χ3n) is 5.39. The topological polar surface area (TPSA) is 80.9 Å². The third-order valence-corrected chi connectivity index (χ3v) is 5.39. The summed E-state index contributed by atoms with van der Waals surface area (Å²) in [5.74, 6) is 0.400. The minimum Gasteiger partial charge on any atom is -0.481 e. The van der Waals surface area contributed by atoms with Gasteiger partial charge in [-0.05, 0) is 41.5 Å². The van der Waals surface area contributed by atoms with Gasteiger partial charge in [-0.25, -0.2) is 4.68 Å². The van der Waals surface area contributed by atoms with Crippen LogP contribution in [0.1, 0.15) is 71.5 Å². The first-order valence-electron chi connectivity index (χ1n) is 7.86. The molecule has 1 aromatic rings. The second-order valence-corrected chi connectivity index (χ2v) is 6.92. The van der Waals surface area contributed by atoms with Crippen LogP contribution in [0.3, 0.4) is 0 Å². The van der Waals surface area contributed by atoms with Gasteiger partial charge in [-0.3, -0.25) is 4.79 Å². The molecule has 0 aliphatic heterocycles. The Bertz CT molecular complexity index is 506. The molecule has 0 bridgehead atoms. The molecule has 0 spiro atoms. The van der Waals surface area contributed by atoms with Gasteiger partial charge in [-0.15, -0.1) is 5.10 Å². The zero-order valence-electron chi connectivity index (χ0n) is 13.5. The summed E-state index contributed by atoms with van der Waals surface area (Å²) in [5, 5.41) is 21.7. The number of aromatic nitrogens is 4. The van der Waals surface area contributed by atoms with Gasteiger partial charge in [0.15, 0.2) is 5.82 Å². The van der Waals surface area contributed by atoms with Crippen molar-refractivity contribution in [2.24, 2.45) is 10.8 Å². The molecular weight excluding hydrogens is 268 g/mol. The molecule has 0 saturated heterocycles. The molecule has 6 nitrogen and oxygen atoms in total. The minimum absolute atomic E-state index is 0.177. The second-order valence-electron chi connectivity index (χ2n) is 6.92. The van der Waals surface area contributed by atoms with Gasteiger partial charge < -0.3 is 5.11 Å². The molecule has 1 aliphatic carbocycles. The van der Waals surface area contributed by atoms with Crippen molar-refractivity contribution in [3.05, 3.63) is 5.82 Å². The predicted octanol–water partition coefficient (Wildman–Crippen LogP) is 2.86. The molecule has 0 radical (unpaired) electrons. The Morgan fingerprint density at radius 1 is 1.43 bits per heavy atom. The number of hydrogen-bond acceptors (Lipinski definition) is 4. The maximum Gasteiger partial charge on any atom is 0.311 e. The molecule has 1 saturated carbocycles. The first-order chi connectivity index (χ1) is 9.86. The van der Waals surface area contributed by atoms with Crippen LogP contribution in [0.2, 0.25) is 0 Å². The molecule has 1 atom stereocenters. The summed E-state index contributed by atoms with van der Waals surface area (Å²) in [4.78, 5) is 11.7. The fourth-order valence-electron chi connectivity index (χ4n) is 3.51. The average molecular weight is 294 g/mol. The first kappa shape index (κ1) is 15.9. The van der Waals surface area contributed by atoms with Crippen molar-refractivity contribution in [2.75, 3.05) is 0 Å². The first-order valence-corrected chi connectivity index (χ1v) is 7.86. The molecule has 21 heavy (non-hydrogen) atoms. The summed E-state index contributed by atoms with van der Waals surface area (Å²) in [6.07, 6.45) is 4.57. The molecule has 1 fully saturated rings. The predicted molar refractivity (Wildman–Crippen MR) is 78.8 cm³/mol.